The number of hydrogen-bond donors (Lipinski definition) is 1. The van der Waals surface area contributed by atoms with Crippen LogP contribution in [0.25, 0.3) is 0 Å². The Balaban J connectivity index is 2.57. The third-order valence-electron chi connectivity index (χ3n) is 5.57. The Morgan fingerprint density at radius 2 is 1.84 bits per heavy atom. The van der Waals surface area contributed by atoms with Crippen molar-refractivity contribution < 1.29 is 27.7 Å². The van der Waals surface area contributed by atoms with Crippen LogP contribution >= 0.6 is 0 Å². The number of carbonyl (C=O) groups excluding carboxylic acids is 2. The number of non-ortho nitro benzene ring substituents is 1. The average molecular weight is 535 g/mol. The first kappa shape index (κ1) is 29.6. The second kappa shape index (κ2) is 12.5. The van der Waals surface area contributed by atoms with Crippen LogP contribution in [0.15, 0.2) is 42.5 Å². The fourth-order valence-corrected chi connectivity index (χ4v) is 4.73. The number of ether oxygens (including phenoxy) is 1. The summed E-state index contributed by atoms with van der Waals surface area (Å²) in [7, 11) is -2.80. The molecule has 0 saturated carbocycles. The minimum atomic E-state index is -4.09. The number of anilines is 1. The number of nitrogens with zero attached hydrogens (tertiary/aromatic N) is 3. The first-order chi connectivity index (χ1) is 17.3. The molecule has 12 heteroatoms. The van der Waals surface area contributed by atoms with Crippen molar-refractivity contribution in [3.05, 3.63) is 63.7 Å². The molecule has 0 fully saturated rings. The van der Waals surface area contributed by atoms with Gasteiger partial charge in [-0.2, -0.15) is 0 Å². The van der Waals surface area contributed by atoms with E-state index in [1.807, 2.05) is 31.2 Å². The van der Waals surface area contributed by atoms with Crippen LogP contribution < -0.4 is 14.4 Å². The van der Waals surface area contributed by atoms with E-state index < -0.39 is 33.4 Å². The van der Waals surface area contributed by atoms with Crippen LogP contribution in [0.3, 0.4) is 0 Å². The van der Waals surface area contributed by atoms with Crippen molar-refractivity contribution in [2.45, 2.75) is 52.7 Å². The molecule has 0 saturated heterocycles. The molecule has 202 valence electrons. The lowest BCUT2D eigenvalue weighted by Crippen LogP contribution is -2.53. The number of nitrogens with one attached hydrogen (secondary N) is 1. The minimum Gasteiger partial charge on any atom is -0.495 e. The molecule has 0 radical (unpaired) electrons. The third-order valence-corrected chi connectivity index (χ3v) is 6.70. The molecule has 0 aromatic heterocycles. The van der Waals surface area contributed by atoms with E-state index in [0.717, 1.165) is 27.8 Å². The number of nitro groups is 1. The van der Waals surface area contributed by atoms with Gasteiger partial charge in [-0.15, -0.1) is 0 Å². The molecule has 0 bridgehead atoms. The van der Waals surface area contributed by atoms with E-state index in [1.54, 1.807) is 20.8 Å². The minimum absolute atomic E-state index is 0.0404. The van der Waals surface area contributed by atoms with Crippen LogP contribution in [0.2, 0.25) is 0 Å². The van der Waals surface area contributed by atoms with Crippen LogP contribution in [0.1, 0.15) is 38.3 Å². The molecule has 1 N–H and O–H groups in total. The van der Waals surface area contributed by atoms with Gasteiger partial charge in [0.2, 0.25) is 21.8 Å². The third kappa shape index (κ3) is 7.91. The summed E-state index contributed by atoms with van der Waals surface area (Å²) in [5.41, 5.74) is 1.21. The van der Waals surface area contributed by atoms with Gasteiger partial charge < -0.3 is 15.0 Å². The van der Waals surface area contributed by atoms with Crippen LogP contribution in [-0.2, 0) is 26.2 Å². The summed E-state index contributed by atoms with van der Waals surface area (Å²) >= 11 is 0. The average Bonchev–Trinajstić information content (AvgIpc) is 2.80. The van der Waals surface area contributed by atoms with Gasteiger partial charge in [0.25, 0.3) is 5.69 Å². The Hall–Kier alpha value is -3.67. The highest BCUT2D eigenvalue weighted by molar-refractivity contribution is 7.92. The number of hydrogen-bond acceptors (Lipinski definition) is 7. The number of rotatable bonds is 12. The number of benzene rings is 2. The molecule has 37 heavy (non-hydrogen) atoms. The molecule has 1 atom stereocenters. The largest absolute Gasteiger partial charge is 0.495 e. The van der Waals surface area contributed by atoms with E-state index >= 15 is 0 Å². The highest BCUT2D eigenvalue weighted by Gasteiger charge is 2.33. The summed E-state index contributed by atoms with van der Waals surface area (Å²) in [6.45, 7) is 6.65. The van der Waals surface area contributed by atoms with Crippen LogP contribution in [-0.4, -0.2) is 62.0 Å². The standard InChI is InChI=1S/C25H34N4O7S/c1-7-21(25(31)26-17(2)3)27(15-19-10-8-9-18(4)13-19)24(30)16-28(37(6,34)35)22-14-20(29(32)33)11-12-23(22)36-5/h8-14,17,21H,7,15-16H2,1-6H3,(H,26,31). The number of aryl methyl sites for hydroxylation is 1. The van der Waals surface area contributed by atoms with Gasteiger partial charge in [0, 0.05) is 24.7 Å². The maximum Gasteiger partial charge on any atom is 0.271 e. The normalized spacial score (nSPS) is 12.1. The lowest BCUT2D eigenvalue weighted by atomic mass is 10.1. The maximum absolute atomic E-state index is 13.7. The molecule has 2 aromatic carbocycles. The number of nitro benzene ring substituents is 1. The second-order valence-electron chi connectivity index (χ2n) is 8.98. The van der Waals surface area contributed by atoms with Crippen LogP contribution in [0, 0.1) is 17.0 Å². The summed E-state index contributed by atoms with van der Waals surface area (Å²) in [5.74, 6) is -0.970. The van der Waals surface area contributed by atoms with E-state index in [2.05, 4.69) is 5.32 Å². The molecule has 2 aromatic rings. The monoisotopic (exact) mass is 534 g/mol. The first-order valence-electron chi connectivity index (χ1n) is 11.7. The molecular weight excluding hydrogens is 500 g/mol. The number of methoxy groups -OCH3 is 1. The van der Waals surface area contributed by atoms with Crippen molar-refractivity contribution in [3.63, 3.8) is 0 Å². The first-order valence-corrected chi connectivity index (χ1v) is 13.6. The number of carbonyl (C=O) groups is 2. The van der Waals surface area contributed by atoms with Gasteiger partial charge in [-0.05, 0) is 38.8 Å². The summed E-state index contributed by atoms with van der Waals surface area (Å²) in [4.78, 5) is 38.8. The summed E-state index contributed by atoms with van der Waals surface area (Å²) < 4.78 is 31.6. The van der Waals surface area contributed by atoms with Gasteiger partial charge in [0.05, 0.1) is 18.3 Å². The van der Waals surface area contributed by atoms with E-state index in [0.29, 0.717) is 0 Å². The Kier molecular flexibility index (Phi) is 10.0. The maximum atomic E-state index is 13.7. The van der Waals surface area contributed by atoms with E-state index in [1.165, 1.54) is 24.1 Å². The van der Waals surface area contributed by atoms with Gasteiger partial charge >= 0.3 is 0 Å². The van der Waals surface area contributed by atoms with Gasteiger partial charge in [0.1, 0.15) is 24.0 Å². The Labute approximate surface area is 217 Å². The number of amides is 2. The zero-order valence-corrected chi connectivity index (χ0v) is 22.7. The van der Waals surface area contributed by atoms with Crippen LogP contribution in [0.5, 0.6) is 5.75 Å². The zero-order valence-electron chi connectivity index (χ0n) is 21.9. The highest BCUT2D eigenvalue weighted by atomic mass is 32.2. The van der Waals surface area contributed by atoms with E-state index in [4.69, 9.17) is 4.74 Å². The summed E-state index contributed by atoms with van der Waals surface area (Å²) in [6.07, 6.45) is 1.18. The van der Waals surface area contributed by atoms with Gasteiger partial charge in [-0.25, -0.2) is 8.42 Å². The van der Waals surface area contributed by atoms with Crippen molar-refractivity contribution in [2.24, 2.45) is 0 Å². The molecule has 0 spiro atoms. The Morgan fingerprint density at radius 1 is 1.16 bits per heavy atom. The lowest BCUT2D eigenvalue weighted by Gasteiger charge is -2.33. The lowest BCUT2D eigenvalue weighted by molar-refractivity contribution is -0.384. The number of sulfonamides is 1. The molecule has 2 amide bonds. The molecule has 0 aliphatic heterocycles. The van der Waals surface area contributed by atoms with E-state index in [9.17, 15) is 28.1 Å². The molecule has 0 heterocycles. The molecular formula is C25H34N4O7S. The molecule has 0 aliphatic carbocycles. The van der Waals surface area contributed by atoms with Gasteiger partial charge in [0.15, 0.2) is 0 Å². The van der Waals surface area contributed by atoms with Crippen LogP contribution in [0.4, 0.5) is 11.4 Å². The smallest absolute Gasteiger partial charge is 0.271 e. The fourth-order valence-electron chi connectivity index (χ4n) is 3.89. The topological polar surface area (TPSA) is 139 Å². The second-order valence-corrected chi connectivity index (χ2v) is 10.9. The molecule has 2 rings (SSSR count). The molecule has 1 unspecified atom stereocenters. The van der Waals surface area contributed by atoms with Gasteiger partial charge in [-0.1, -0.05) is 36.8 Å². The van der Waals surface area contributed by atoms with Crippen molar-refractivity contribution in [2.75, 3.05) is 24.2 Å². The predicted molar refractivity (Wildman–Crippen MR) is 141 cm³/mol. The van der Waals surface area contributed by atoms with Crippen molar-refractivity contribution in [1.82, 2.24) is 10.2 Å². The Morgan fingerprint density at radius 3 is 2.35 bits per heavy atom. The quantitative estimate of drug-likeness (QED) is 0.326. The van der Waals surface area contributed by atoms with E-state index in [-0.39, 0.29) is 42.0 Å². The summed E-state index contributed by atoms with van der Waals surface area (Å²) in [5, 5.41) is 14.2. The highest BCUT2D eigenvalue weighted by Crippen LogP contribution is 2.34. The van der Waals surface area contributed by atoms with Crippen molar-refractivity contribution in [3.8, 4) is 5.75 Å². The van der Waals surface area contributed by atoms with Gasteiger partial charge in [-0.3, -0.25) is 24.0 Å². The van der Waals surface area contributed by atoms with Crippen molar-refractivity contribution in [1.29, 1.82) is 0 Å². The SMILES string of the molecule is CCC(C(=O)NC(C)C)N(Cc1cccc(C)c1)C(=O)CN(c1cc([N+](=O)[O-])ccc1OC)S(C)(=O)=O. The Bertz CT molecular complexity index is 1250. The summed E-state index contributed by atoms with van der Waals surface area (Å²) in [6, 6.07) is 9.88. The fraction of sp³-hybridized carbons (Fsp3) is 0.440. The molecule has 11 nitrogen and oxygen atoms in total. The van der Waals surface area contributed by atoms with Crippen molar-refractivity contribution >= 4 is 33.2 Å². The zero-order chi connectivity index (χ0) is 27.9. The predicted octanol–water partition coefficient (Wildman–Crippen LogP) is 3.01. The molecule has 0 aliphatic rings.